The number of halogens is 5. The molecule has 0 aliphatic heterocycles. The maximum Gasteiger partial charge on any atom is 0.394 e. The van der Waals surface area contributed by atoms with Crippen molar-refractivity contribution in [1.82, 2.24) is 9.55 Å². The second-order valence-electron chi connectivity index (χ2n) is 9.87. The van der Waals surface area contributed by atoms with E-state index in [2.05, 4.69) is 16.4 Å². The molecular formula is C25H31F5N2O3Si. The number of alkyl halides is 5. The molecule has 5 nitrogen and oxygen atoms in total. The van der Waals surface area contributed by atoms with Crippen LogP contribution in [-0.2, 0) is 17.6 Å². The van der Waals surface area contributed by atoms with Gasteiger partial charge in [0.2, 0.25) is 0 Å². The first-order valence-electron chi connectivity index (χ1n) is 11.5. The Kier molecular flexibility index (Phi) is 8.99. The molecule has 1 aromatic carbocycles. The van der Waals surface area contributed by atoms with Gasteiger partial charge in [0.05, 0.1) is 17.7 Å². The maximum atomic E-state index is 13.4. The smallest absolute Gasteiger partial charge is 0.394 e. The minimum atomic E-state index is -4.50. The fourth-order valence-corrected chi connectivity index (χ4v) is 3.81. The van der Waals surface area contributed by atoms with Gasteiger partial charge in [-0.05, 0) is 31.0 Å². The van der Waals surface area contributed by atoms with Crippen molar-refractivity contribution in [3.05, 3.63) is 41.0 Å². The van der Waals surface area contributed by atoms with Gasteiger partial charge < -0.3 is 9.47 Å². The molecule has 0 saturated heterocycles. The van der Waals surface area contributed by atoms with Crippen LogP contribution in [0.2, 0.25) is 19.6 Å². The van der Waals surface area contributed by atoms with Crippen LogP contribution in [0.1, 0.15) is 55.3 Å². The number of hydrogen-bond acceptors (Lipinski definition) is 4. The highest BCUT2D eigenvalue weighted by molar-refractivity contribution is 6.83. The summed E-state index contributed by atoms with van der Waals surface area (Å²) in [6.45, 7) is 8.32. The quantitative estimate of drug-likeness (QED) is 0.168. The predicted molar refractivity (Wildman–Crippen MR) is 129 cm³/mol. The van der Waals surface area contributed by atoms with Gasteiger partial charge in [0.25, 0.3) is 0 Å². The van der Waals surface area contributed by atoms with Crippen molar-refractivity contribution in [2.45, 2.75) is 73.0 Å². The van der Waals surface area contributed by atoms with E-state index in [0.717, 1.165) is 19.9 Å². The van der Waals surface area contributed by atoms with E-state index in [9.17, 15) is 26.7 Å². The molecule has 0 amide bonds. The molecular weight excluding hydrogens is 499 g/mol. The zero-order valence-corrected chi connectivity index (χ0v) is 22.4. The minimum absolute atomic E-state index is 0.0651. The van der Waals surface area contributed by atoms with Crippen LogP contribution in [0.15, 0.2) is 18.2 Å². The van der Waals surface area contributed by atoms with E-state index in [4.69, 9.17) is 9.47 Å². The summed E-state index contributed by atoms with van der Waals surface area (Å²) in [5.74, 6) is 2.26. The number of imidazole rings is 1. The lowest BCUT2D eigenvalue weighted by Gasteiger charge is -2.28. The van der Waals surface area contributed by atoms with Gasteiger partial charge in [0.15, 0.2) is 5.69 Å². The van der Waals surface area contributed by atoms with Crippen molar-refractivity contribution < 1.29 is 36.2 Å². The number of nitrogens with zero attached hydrogens (tertiary/aromatic N) is 2. The number of aromatic nitrogens is 2. The van der Waals surface area contributed by atoms with Crippen LogP contribution in [0.25, 0.3) is 5.69 Å². The molecule has 0 aliphatic carbocycles. The summed E-state index contributed by atoms with van der Waals surface area (Å²) in [5.41, 5.74) is 1.39. The number of esters is 1. The number of hydrogen-bond donors (Lipinski definition) is 0. The van der Waals surface area contributed by atoms with E-state index in [1.807, 2.05) is 19.6 Å². The van der Waals surface area contributed by atoms with Crippen LogP contribution in [0.5, 0.6) is 5.75 Å². The molecule has 0 spiro atoms. The van der Waals surface area contributed by atoms with E-state index in [0.29, 0.717) is 12.2 Å². The van der Waals surface area contributed by atoms with Crippen LogP contribution in [0, 0.1) is 16.9 Å². The second kappa shape index (κ2) is 11.0. The van der Waals surface area contributed by atoms with Crippen molar-refractivity contribution in [2.24, 2.45) is 5.41 Å². The van der Waals surface area contributed by atoms with Crippen LogP contribution in [0.4, 0.5) is 22.0 Å². The largest absolute Gasteiger partial charge is 0.461 e. The molecule has 0 fully saturated rings. The average Bonchev–Trinajstić information content (AvgIpc) is 3.09. The molecule has 2 rings (SSSR count). The Labute approximate surface area is 209 Å². The molecule has 0 aliphatic rings. The molecule has 1 aromatic heterocycles. The normalized spacial score (nSPS) is 12.4. The van der Waals surface area contributed by atoms with Gasteiger partial charge in [-0.25, -0.2) is 9.78 Å². The van der Waals surface area contributed by atoms with Gasteiger partial charge in [-0.15, -0.1) is 5.54 Å². The third-order valence-electron chi connectivity index (χ3n) is 5.18. The van der Waals surface area contributed by atoms with Crippen molar-refractivity contribution in [1.29, 1.82) is 0 Å². The lowest BCUT2D eigenvalue weighted by Crippen LogP contribution is -2.34. The highest BCUT2D eigenvalue weighted by Gasteiger charge is 2.47. The van der Waals surface area contributed by atoms with Crippen molar-refractivity contribution in [3.63, 3.8) is 0 Å². The first-order valence-corrected chi connectivity index (χ1v) is 15.0. The summed E-state index contributed by atoms with van der Waals surface area (Å²) in [6, 6.07) is 3.96. The Morgan fingerprint density at radius 1 is 1.17 bits per heavy atom. The van der Waals surface area contributed by atoms with E-state index in [1.54, 1.807) is 13.8 Å². The summed E-state index contributed by atoms with van der Waals surface area (Å²) in [7, 11) is -1.95. The SMILES string of the molecule is CCOC(=O)c1nc(CC)n(-c2ccc(CC(C)(C)C(F)(F)F)cc2OC(F)F)c1C#C[Si](C)(C)C. The molecule has 1 heterocycles. The van der Waals surface area contributed by atoms with Crippen molar-refractivity contribution in [3.8, 4) is 22.9 Å². The Morgan fingerprint density at radius 2 is 1.81 bits per heavy atom. The molecule has 0 radical (unpaired) electrons. The summed E-state index contributed by atoms with van der Waals surface area (Å²) in [5, 5.41) is 0. The van der Waals surface area contributed by atoms with Gasteiger partial charge >= 0.3 is 18.8 Å². The number of aryl methyl sites for hydroxylation is 1. The predicted octanol–water partition coefficient (Wildman–Crippen LogP) is 6.57. The zero-order chi connectivity index (χ0) is 27.5. The number of rotatable bonds is 8. The Morgan fingerprint density at radius 3 is 2.31 bits per heavy atom. The number of benzene rings is 1. The molecule has 36 heavy (non-hydrogen) atoms. The molecule has 11 heteroatoms. The first kappa shape index (κ1) is 29.4. The Bertz CT molecular complexity index is 1160. The van der Waals surface area contributed by atoms with Gasteiger partial charge in [-0.1, -0.05) is 52.4 Å². The monoisotopic (exact) mass is 530 g/mol. The van der Waals surface area contributed by atoms with Crippen LogP contribution >= 0.6 is 0 Å². The minimum Gasteiger partial charge on any atom is -0.461 e. The van der Waals surface area contributed by atoms with Crippen LogP contribution in [0.3, 0.4) is 0 Å². The van der Waals surface area contributed by atoms with E-state index >= 15 is 0 Å². The fourth-order valence-electron chi connectivity index (χ4n) is 3.32. The lowest BCUT2D eigenvalue weighted by atomic mass is 9.85. The standard InChI is InChI=1S/C25H31F5N2O3Si/c1-8-20-31-21(22(33)34-9-2)18(12-13-36(5,6)7)32(20)17-11-10-16(14-19(17)35-23(26)27)15-24(3,4)25(28,29)30/h10-11,14,23H,8-9,15H2,1-7H3. The van der Waals surface area contributed by atoms with Gasteiger partial charge in [0, 0.05) is 6.42 Å². The lowest BCUT2D eigenvalue weighted by molar-refractivity contribution is -0.211. The summed E-state index contributed by atoms with van der Waals surface area (Å²) >= 11 is 0. The first-order chi connectivity index (χ1) is 16.5. The van der Waals surface area contributed by atoms with Crippen molar-refractivity contribution >= 4 is 14.0 Å². The summed E-state index contributed by atoms with van der Waals surface area (Å²) in [4.78, 5) is 17.0. The molecule has 0 unspecified atom stereocenters. The van der Waals surface area contributed by atoms with E-state index in [1.165, 1.54) is 16.7 Å². The second-order valence-corrected chi connectivity index (χ2v) is 14.6. The number of carbonyl (C=O) groups is 1. The summed E-state index contributed by atoms with van der Waals surface area (Å²) < 4.78 is 78.3. The Hall–Kier alpha value is -2.87. The molecule has 0 bridgehead atoms. The van der Waals surface area contributed by atoms with Gasteiger partial charge in [0.1, 0.15) is 25.3 Å². The molecule has 0 saturated carbocycles. The summed E-state index contributed by atoms with van der Waals surface area (Å²) in [6.07, 6.45) is -4.64. The zero-order valence-electron chi connectivity index (χ0n) is 21.4. The van der Waals surface area contributed by atoms with E-state index < -0.39 is 38.7 Å². The maximum absolute atomic E-state index is 13.4. The Balaban J connectivity index is 2.81. The van der Waals surface area contributed by atoms with Crippen molar-refractivity contribution in [2.75, 3.05) is 6.61 Å². The van der Waals surface area contributed by atoms with Crippen LogP contribution in [-0.4, -0.2) is 43.0 Å². The van der Waals surface area contributed by atoms with Gasteiger partial charge in [-0.3, -0.25) is 4.57 Å². The highest BCUT2D eigenvalue weighted by Crippen LogP contribution is 2.41. The topological polar surface area (TPSA) is 53.3 Å². The van der Waals surface area contributed by atoms with Crippen LogP contribution < -0.4 is 4.74 Å². The number of ether oxygens (including phenoxy) is 2. The van der Waals surface area contributed by atoms with Gasteiger partial charge in [-0.2, -0.15) is 22.0 Å². The fraction of sp³-hybridized carbons (Fsp3) is 0.520. The third kappa shape index (κ3) is 7.09. The number of carbonyl (C=O) groups excluding carboxylic acids is 1. The molecule has 198 valence electrons. The molecule has 0 N–H and O–H groups in total. The molecule has 2 aromatic rings. The average molecular weight is 531 g/mol. The highest BCUT2D eigenvalue weighted by atomic mass is 28.3. The van der Waals surface area contributed by atoms with E-state index in [-0.39, 0.29) is 35.0 Å². The third-order valence-corrected chi connectivity index (χ3v) is 6.06. The molecule has 0 atom stereocenters.